The number of piperidine rings is 1. The molecule has 2 aliphatic rings. The minimum Gasteiger partial charge on any atom is -0.357 e. The van der Waals surface area contributed by atoms with Gasteiger partial charge in [-0.3, -0.25) is 4.90 Å². The van der Waals surface area contributed by atoms with E-state index < -0.39 is 10.0 Å². The lowest BCUT2D eigenvalue weighted by Crippen LogP contribution is -2.54. The van der Waals surface area contributed by atoms with E-state index in [1.165, 1.54) is 19.3 Å². The highest BCUT2D eigenvalue weighted by atomic mass is 127. The fraction of sp³-hybridized carbons (Fsp3) is 0.682. The Morgan fingerprint density at radius 1 is 1.10 bits per heavy atom. The normalized spacial score (nSPS) is 18.4. The van der Waals surface area contributed by atoms with Gasteiger partial charge in [0.05, 0.1) is 11.4 Å². The van der Waals surface area contributed by atoms with Crippen molar-refractivity contribution in [3.63, 3.8) is 0 Å². The first kappa shape index (κ1) is 26.3. The maximum Gasteiger partial charge on any atom is 0.240 e. The van der Waals surface area contributed by atoms with E-state index in [0.29, 0.717) is 11.4 Å². The smallest absolute Gasteiger partial charge is 0.240 e. The van der Waals surface area contributed by atoms with Crippen molar-refractivity contribution in [2.24, 2.45) is 4.99 Å². The monoisotopic (exact) mass is 563 g/mol. The minimum absolute atomic E-state index is 0. The molecule has 1 aliphatic heterocycles. The quantitative estimate of drug-likeness (QED) is 0.244. The molecule has 1 saturated heterocycles. The molecule has 0 aromatic heterocycles. The third-order valence-electron chi connectivity index (χ3n) is 5.80. The van der Waals surface area contributed by atoms with Crippen LogP contribution < -0.4 is 15.4 Å². The summed E-state index contributed by atoms with van der Waals surface area (Å²) in [5.41, 5.74) is 1.05. The van der Waals surface area contributed by atoms with E-state index in [1.54, 1.807) is 12.1 Å². The van der Waals surface area contributed by atoms with Crippen LogP contribution >= 0.6 is 24.0 Å². The molecule has 0 bridgehead atoms. The van der Waals surface area contributed by atoms with Gasteiger partial charge < -0.3 is 10.6 Å². The molecular weight excluding hydrogens is 525 g/mol. The van der Waals surface area contributed by atoms with E-state index >= 15 is 0 Å². The van der Waals surface area contributed by atoms with E-state index in [9.17, 15) is 8.42 Å². The standard InChI is InChI=1S/C22H37N5O2S.HI/c1-4-23-21(25-17-22(2,3)27-14-6-5-7-15-27)24-16-18-8-12-20(13-9-18)30(28,29)26-19-10-11-19;/h8-9,12-13,19,26H,4-7,10-11,14-17H2,1-3H3,(H2,23,24,25);1H. The number of rotatable bonds is 9. The van der Waals surface area contributed by atoms with Gasteiger partial charge in [0.15, 0.2) is 5.96 Å². The van der Waals surface area contributed by atoms with E-state index in [1.807, 2.05) is 12.1 Å². The summed E-state index contributed by atoms with van der Waals surface area (Å²) in [7, 11) is -3.40. The summed E-state index contributed by atoms with van der Waals surface area (Å²) >= 11 is 0. The highest BCUT2D eigenvalue weighted by molar-refractivity contribution is 14.0. The van der Waals surface area contributed by atoms with Crippen molar-refractivity contribution in [3.8, 4) is 0 Å². The van der Waals surface area contributed by atoms with E-state index in [4.69, 9.17) is 4.99 Å². The van der Waals surface area contributed by atoms with Gasteiger partial charge in [-0.25, -0.2) is 18.1 Å². The Morgan fingerprint density at radius 2 is 1.74 bits per heavy atom. The Morgan fingerprint density at radius 3 is 2.32 bits per heavy atom. The molecule has 176 valence electrons. The molecule has 1 aromatic rings. The van der Waals surface area contributed by atoms with Crippen LogP contribution in [0.4, 0.5) is 0 Å². The number of aliphatic imine (C=N–C) groups is 1. The van der Waals surface area contributed by atoms with Crippen molar-refractivity contribution in [1.29, 1.82) is 0 Å². The number of hydrogen-bond donors (Lipinski definition) is 3. The Bertz CT molecular complexity index is 817. The van der Waals surface area contributed by atoms with Crippen LogP contribution in [-0.4, -0.2) is 57.0 Å². The zero-order valence-corrected chi connectivity index (χ0v) is 22.1. The summed E-state index contributed by atoms with van der Waals surface area (Å²) < 4.78 is 27.3. The van der Waals surface area contributed by atoms with Crippen molar-refractivity contribution in [2.45, 2.75) is 75.9 Å². The number of nitrogens with zero attached hydrogens (tertiary/aromatic N) is 2. The van der Waals surface area contributed by atoms with Gasteiger partial charge >= 0.3 is 0 Å². The number of sulfonamides is 1. The van der Waals surface area contributed by atoms with Crippen LogP contribution in [0.1, 0.15) is 58.4 Å². The topological polar surface area (TPSA) is 85.8 Å². The van der Waals surface area contributed by atoms with Crippen LogP contribution in [0.2, 0.25) is 0 Å². The molecule has 7 nitrogen and oxygen atoms in total. The van der Waals surface area contributed by atoms with E-state index in [0.717, 1.165) is 50.5 Å². The zero-order valence-electron chi connectivity index (χ0n) is 19.0. The molecule has 0 radical (unpaired) electrons. The van der Waals surface area contributed by atoms with E-state index in [-0.39, 0.29) is 35.6 Å². The predicted molar refractivity (Wildman–Crippen MR) is 138 cm³/mol. The predicted octanol–water partition coefficient (Wildman–Crippen LogP) is 3.06. The summed E-state index contributed by atoms with van der Waals surface area (Å²) in [6.45, 7) is 11.0. The van der Waals surface area contributed by atoms with Gasteiger partial charge in [-0.15, -0.1) is 24.0 Å². The molecule has 1 heterocycles. The van der Waals surface area contributed by atoms with Gasteiger partial charge in [-0.1, -0.05) is 18.6 Å². The maximum atomic E-state index is 12.3. The first-order valence-corrected chi connectivity index (χ1v) is 12.7. The molecule has 0 atom stereocenters. The Labute approximate surface area is 204 Å². The van der Waals surface area contributed by atoms with Gasteiger partial charge in [0.2, 0.25) is 10.0 Å². The molecule has 0 amide bonds. The number of halogens is 1. The van der Waals surface area contributed by atoms with Crippen molar-refractivity contribution < 1.29 is 8.42 Å². The van der Waals surface area contributed by atoms with Crippen molar-refractivity contribution in [1.82, 2.24) is 20.3 Å². The first-order chi connectivity index (χ1) is 14.3. The Balaban J connectivity index is 0.00000341. The highest BCUT2D eigenvalue weighted by Crippen LogP contribution is 2.22. The molecule has 9 heteroatoms. The van der Waals surface area contributed by atoms with Gasteiger partial charge in [-0.05, 0) is 77.2 Å². The molecule has 0 spiro atoms. The third-order valence-corrected chi connectivity index (χ3v) is 7.33. The lowest BCUT2D eigenvalue weighted by Gasteiger charge is -2.41. The van der Waals surface area contributed by atoms with Gasteiger partial charge in [0, 0.05) is 24.7 Å². The number of guanidine groups is 1. The van der Waals surface area contributed by atoms with Crippen LogP contribution in [-0.2, 0) is 16.6 Å². The van der Waals surface area contributed by atoms with Crippen LogP contribution in [0.5, 0.6) is 0 Å². The molecule has 31 heavy (non-hydrogen) atoms. The number of nitrogens with one attached hydrogen (secondary N) is 3. The molecule has 2 fully saturated rings. The van der Waals surface area contributed by atoms with E-state index in [2.05, 4.69) is 41.0 Å². The van der Waals surface area contributed by atoms with Gasteiger partial charge in [0.25, 0.3) is 0 Å². The highest BCUT2D eigenvalue weighted by Gasteiger charge is 2.28. The van der Waals surface area contributed by atoms with Crippen molar-refractivity contribution >= 4 is 40.0 Å². The summed E-state index contributed by atoms with van der Waals surface area (Å²) in [6, 6.07) is 7.12. The lowest BCUT2D eigenvalue weighted by molar-refractivity contribution is 0.0982. The van der Waals surface area contributed by atoms with Crippen molar-refractivity contribution in [3.05, 3.63) is 29.8 Å². The number of benzene rings is 1. The molecule has 1 aliphatic carbocycles. The maximum absolute atomic E-state index is 12.3. The van der Waals surface area contributed by atoms with Gasteiger partial charge in [-0.2, -0.15) is 0 Å². The average Bonchev–Trinajstić information content (AvgIpc) is 3.54. The van der Waals surface area contributed by atoms with Crippen LogP contribution in [0.25, 0.3) is 0 Å². The molecule has 3 rings (SSSR count). The second kappa shape index (κ2) is 11.8. The zero-order chi connectivity index (χ0) is 21.6. The van der Waals surface area contributed by atoms with Crippen LogP contribution in [0.15, 0.2) is 34.2 Å². The Hall–Kier alpha value is -0.910. The Kier molecular flexibility index (Phi) is 10.0. The second-order valence-corrected chi connectivity index (χ2v) is 10.7. The fourth-order valence-corrected chi connectivity index (χ4v) is 4.99. The van der Waals surface area contributed by atoms with Gasteiger partial charge in [0.1, 0.15) is 0 Å². The lowest BCUT2D eigenvalue weighted by atomic mass is 9.98. The summed E-state index contributed by atoms with van der Waals surface area (Å²) in [5, 5.41) is 6.79. The fourth-order valence-electron chi connectivity index (χ4n) is 3.69. The number of likely N-dealkylation sites (tertiary alicyclic amines) is 1. The van der Waals surface area contributed by atoms with Crippen molar-refractivity contribution in [2.75, 3.05) is 26.2 Å². The second-order valence-electron chi connectivity index (χ2n) is 8.95. The SMILES string of the molecule is CCNC(=NCc1ccc(S(=O)(=O)NC2CC2)cc1)NCC(C)(C)N1CCCCC1.I. The molecule has 0 unspecified atom stereocenters. The summed E-state index contributed by atoms with van der Waals surface area (Å²) in [6.07, 6.45) is 5.75. The summed E-state index contributed by atoms with van der Waals surface area (Å²) in [4.78, 5) is 7.57. The molecular formula is C22H38IN5O2S. The van der Waals surface area contributed by atoms with Crippen LogP contribution in [0, 0.1) is 0 Å². The summed E-state index contributed by atoms with van der Waals surface area (Å²) in [5.74, 6) is 0.787. The minimum atomic E-state index is -3.40. The molecule has 3 N–H and O–H groups in total. The third kappa shape index (κ3) is 8.18. The first-order valence-electron chi connectivity index (χ1n) is 11.2. The van der Waals surface area contributed by atoms with Crippen LogP contribution in [0.3, 0.4) is 0 Å². The molecule has 1 aromatic carbocycles. The average molecular weight is 564 g/mol. The molecule has 1 saturated carbocycles. The largest absolute Gasteiger partial charge is 0.357 e. The number of hydrogen-bond acceptors (Lipinski definition) is 4.